The number of hydrogen-bond donors (Lipinski definition) is 1. The van der Waals surface area contributed by atoms with Gasteiger partial charge in [0.15, 0.2) is 5.13 Å². The summed E-state index contributed by atoms with van der Waals surface area (Å²) in [6.07, 6.45) is 3.79. The van der Waals surface area contributed by atoms with E-state index in [0.29, 0.717) is 14.4 Å². The van der Waals surface area contributed by atoms with E-state index in [1.54, 1.807) is 6.08 Å². The average Bonchev–Trinajstić information content (AvgIpc) is 3.35. The van der Waals surface area contributed by atoms with Gasteiger partial charge in [-0.05, 0) is 24.1 Å². The Balaban J connectivity index is 1.40. The molecule has 0 atom stereocenters. The molecule has 2 amide bonds. The van der Waals surface area contributed by atoms with Crippen LogP contribution < -0.4 is 5.32 Å². The van der Waals surface area contributed by atoms with Gasteiger partial charge in [0.05, 0.1) is 10.6 Å². The van der Waals surface area contributed by atoms with E-state index in [4.69, 9.17) is 12.2 Å². The minimum Gasteiger partial charge on any atom is -0.300 e. The number of thiazole rings is 1. The van der Waals surface area contributed by atoms with Gasteiger partial charge in [-0.25, -0.2) is 4.98 Å². The summed E-state index contributed by atoms with van der Waals surface area (Å²) in [5, 5.41) is 5.13. The van der Waals surface area contributed by atoms with E-state index in [1.807, 2.05) is 79.0 Å². The van der Waals surface area contributed by atoms with Gasteiger partial charge in [-0.2, -0.15) is 0 Å². The summed E-state index contributed by atoms with van der Waals surface area (Å²) in [5.41, 5.74) is 3.75. The molecule has 0 radical (unpaired) electrons. The lowest BCUT2D eigenvalue weighted by Crippen LogP contribution is -2.36. The Labute approximate surface area is 199 Å². The number of thiocarbonyl (C=S) groups is 1. The first-order valence-electron chi connectivity index (χ1n) is 9.79. The molecular formula is C24H19N3O2S3. The molecule has 0 saturated carbocycles. The van der Waals surface area contributed by atoms with Gasteiger partial charge in [0, 0.05) is 10.9 Å². The molecule has 4 rings (SSSR count). The predicted molar refractivity (Wildman–Crippen MR) is 136 cm³/mol. The standard InChI is InChI=1S/C24H19N3O2S3/c1-16(12-17-8-4-2-5-9-17)13-20-22(29)27(24(30)32-20)14-21(28)26-23-25-19(15-31-23)18-10-6-3-7-11-18/h2-13,15H,14H2,1H3,(H,25,26,28). The minimum atomic E-state index is -0.340. The van der Waals surface area contributed by atoms with Crippen LogP contribution in [0.4, 0.5) is 5.13 Å². The Kier molecular flexibility index (Phi) is 6.94. The van der Waals surface area contributed by atoms with Crippen molar-refractivity contribution in [3.63, 3.8) is 0 Å². The first-order valence-corrected chi connectivity index (χ1v) is 11.9. The third-order valence-electron chi connectivity index (χ3n) is 4.55. The molecule has 160 valence electrons. The summed E-state index contributed by atoms with van der Waals surface area (Å²) >= 11 is 7.89. The molecular weight excluding hydrogens is 458 g/mol. The SMILES string of the molecule is CC(=Cc1ccccc1)C=C1SC(=S)N(CC(=O)Nc2nc(-c3ccccc3)cs2)C1=O. The highest BCUT2D eigenvalue weighted by Gasteiger charge is 2.33. The number of hydrogen-bond acceptors (Lipinski definition) is 6. The first-order chi connectivity index (χ1) is 15.5. The van der Waals surface area contributed by atoms with Crippen molar-refractivity contribution < 1.29 is 9.59 Å². The Morgan fingerprint density at radius 2 is 1.81 bits per heavy atom. The van der Waals surface area contributed by atoms with Gasteiger partial charge in [0.25, 0.3) is 5.91 Å². The van der Waals surface area contributed by atoms with Crippen molar-refractivity contribution >= 4 is 62.7 Å². The number of carbonyl (C=O) groups excluding carboxylic acids is 2. The lowest BCUT2D eigenvalue weighted by Gasteiger charge is -2.13. The minimum absolute atomic E-state index is 0.149. The van der Waals surface area contributed by atoms with E-state index in [-0.39, 0.29) is 18.4 Å². The Morgan fingerprint density at radius 3 is 2.53 bits per heavy atom. The number of allylic oxidation sites excluding steroid dienone is 2. The lowest BCUT2D eigenvalue weighted by atomic mass is 10.1. The summed E-state index contributed by atoms with van der Waals surface area (Å²) in [5.74, 6) is -0.604. The van der Waals surface area contributed by atoms with Crippen LogP contribution in [0.3, 0.4) is 0 Å². The summed E-state index contributed by atoms with van der Waals surface area (Å²) < 4.78 is 0.369. The molecule has 1 aromatic heterocycles. The van der Waals surface area contributed by atoms with E-state index in [0.717, 1.165) is 22.4 Å². The molecule has 1 N–H and O–H groups in total. The van der Waals surface area contributed by atoms with Crippen LogP contribution in [0, 0.1) is 0 Å². The molecule has 8 heteroatoms. The number of anilines is 1. The van der Waals surface area contributed by atoms with Crippen molar-refractivity contribution in [1.82, 2.24) is 9.88 Å². The normalized spacial score (nSPS) is 15.5. The molecule has 0 aliphatic carbocycles. The number of carbonyl (C=O) groups is 2. The van der Waals surface area contributed by atoms with Crippen LogP contribution in [-0.2, 0) is 9.59 Å². The van der Waals surface area contributed by atoms with Crippen molar-refractivity contribution in [2.45, 2.75) is 6.92 Å². The third kappa shape index (κ3) is 5.40. The highest BCUT2D eigenvalue weighted by molar-refractivity contribution is 8.26. The van der Waals surface area contributed by atoms with E-state index < -0.39 is 0 Å². The molecule has 5 nitrogen and oxygen atoms in total. The van der Waals surface area contributed by atoms with Gasteiger partial charge >= 0.3 is 0 Å². The first kappa shape index (κ1) is 22.1. The zero-order chi connectivity index (χ0) is 22.5. The zero-order valence-corrected chi connectivity index (χ0v) is 19.6. The second-order valence-electron chi connectivity index (χ2n) is 7.02. The van der Waals surface area contributed by atoms with E-state index >= 15 is 0 Å². The number of benzene rings is 2. The number of thioether (sulfide) groups is 1. The fourth-order valence-electron chi connectivity index (χ4n) is 3.07. The van der Waals surface area contributed by atoms with E-state index in [1.165, 1.54) is 28.0 Å². The smallest absolute Gasteiger partial charge is 0.266 e. The number of aromatic nitrogens is 1. The van der Waals surface area contributed by atoms with Gasteiger partial charge in [-0.1, -0.05) is 90.7 Å². The predicted octanol–water partition coefficient (Wildman–Crippen LogP) is 5.60. The van der Waals surface area contributed by atoms with Crippen molar-refractivity contribution in [2.24, 2.45) is 0 Å². The fraction of sp³-hybridized carbons (Fsp3) is 0.0833. The van der Waals surface area contributed by atoms with Gasteiger partial charge in [-0.15, -0.1) is 11.3 Å². The largest absolute Gasteiger partial charge is 0.300 e. The van der Waals surface area contributed by atoms with Crippen LogP contribution in [0.2, 0.25) is 0 Å². The van der Waals surface area contributed by atoms with Gasteiger partial charge in [-0.3, -0.25) is 14.5 Å². The highest BCUT2D eigenvalue weighted by atomic mass is 32.2. The number of amides is 2. The fourth-order valence-corrected chi connectivity index (χ4v) is 5.11. The van der Waals surface area contributed by atoms with Crippen LogP contribution in [-0.4, -0.2) is 32.6 Å². The van der Waals surface area contributed by atoms with Gasteiger partial charge in [0.2, 0.25) is 5.91 Å². The molecule has 0 bridgehead atoms. The van der Waals surface area contributed by atoms with Crippen LogP contribution in [0.25, 0.3) is 17.3 Å². The van der Waals surface area contributed by atoms with Crippen LogP contribution in [0.5, 0.6) is 0 Å². The maximum atomic E-state index is 12.8. The molecule has 3 aromatic rings. The maximum absolute atomic E-state index is 12.8. The molecule has 1 aliphatic rings. The van der Waals surface area contributed by atoms with Crippen LogP contribution in [0.1, 0.15) is 12.5 Å². The molecule has 0 spiro atoms. The topological polar surface area (TPSA) is 62.3 Å². The maximum Gasteiger partial charge on any atom is 0.266 e. The summed E-state index contributed by atoms with van der Waals surface area (Å²) in [6, 6.07) is 19.6. The van der Waals surface area contributed by atoms with Crippen molar-refractivity contribution in [2.75, 3.05) is 11.9 Å². The molecule has 2 heterocycles. The molecule has 0 unspecified atom stereocenters. The number of rotatable bonds is 6. The Bertz CT molecular complexity index is 1220. The van der Waals surface area contributed by atoms with Gasteiger partial charge < -0.3 is 5.32 Å². The van der Waals surface area contributed by atoms with E-state index in [9.17, 15) is 9.59 Å². The molecule has 1 saturated heterocycles. The van der Waals surface area contributed by atoms with Crippen LogP contribution in [0.15, 0.2) is 82.6 Å². The molecule has 2 aromatic carbocycles. The second-order valence-corrected chi connectivity index (χ2v) is 9.55. The number of nitrogens with one attached hydrogen (secondary N) is 1. The zero-order valence-electron chi connectivity index (χ0n) is 17.1. The molecule has 1 fully saturated rings. The van der Waals surface area contributed by atoms with Crippen LogP contribution >= 0.6 is 35.3 Å². The highest BCUT2D eigenvalue weighted by Crippen LogP contribution is 2.32. The lowest BCUT2D eigenvalue weighted by molar-refractivity contribution is -0.126. The Hall–Kier alpha value is -3.07. The quantitative estimate of drug-likeness (QED) is 0.370. The third-order valence-corrected chi connectivity index (χ3v) is 6.68. The van der Waals surface area contributed by atoms with Crippen molar-refractivity contribution in [3.8, 4) is 11.3 Å². The Morgan fingerprint density at radius 1 is 1.12 bits per heavy atom. The molecule has 1 aliphatic heterocycles. The number of nitrogens with zero attached hydrogens (tertiary/aromatic N) is 2. The van der Waals surface area contributed by atoms with Crippen molar-refractivity contribution in [1.29, 1.82) is 0 Å². The van der Waals surface area contributed by atoms with Crippen molar-refractivity contribution in [3.05, 3.63) is 88.2 Å². The second kappa shape index (κ2) is 10.0. The summed E-state index contributed by atoms with van der Waals surface area (Å²) in [7, 11) is 0. The summed E-state index contributed by atoms with van der Waals surface area (Å²) in [4.78, 5) is 31.6. The van der Waals surface area contributed by atoms with E-state index in [2.05, 4.69) is 10.3 Å². The molecule has 32 heavy (non-hydrogen) atoms. The summed E-state index contributed by atoms with van der Waals surface area (Å²) in [6.45, 7) is 1.78. The average molecular weight is 478 g/mol. The van der Waals surface area contributed by atoms with Gasteiger partial charge in [0.1, 0.15) is 10.9 Å². The monoisotopic (exact) mass is 477 g/mol.